The standard InChI is InChI=1S/C27H32N6OS/c1-4-10-22-19(7-1)24-26(30-23(31-27(24)35-22)17-32-12-14-34-15-13-32)33-11-5-6-18(16-33)25-28-20-8-2-3-9-21(20)29-25/h2-3,8-9,18H,1,4-7,10-17H2,(H,28,29). The molecule has 1 atom stereocenters. The van der Waals surface area contributed by atoms with Gasteiger partial charge >= 0.3 is 0 Å². The molecule has 2 aliphatic heterocycles. The minimum atomic E-state index is 0.387. The number of imidazole rings is 1. The average Bonchev–Trinajstić information content (AvgIpc) is 3.50. The van der Waals surface area contributed by atoms with Crippen LogP contribution in [0.15, 0.2) is 24.3 Å². The Hall–Kier alpha value is -2.55. The number of ether oxygens (including phenoxy) is 1. The summed E-state index contributed by atoms with van der Waals surface area (Å²) in [6.07, 6.45) is 7.23. The van der Waals surface area contributed by atoms with Gasteiger partial charge in [-0.1, -0.05) is 12.1 Å². The molecule has 35 heavy (non-hydrogen) atoms. The number of aryl methyl sites for hydroxylation is 2. The van der Waals surface area contributed by atoms with E-state index in [4.69, 9.17) is 19.7 Å². The molecule has 1 aliphatic carbocycles. The fraction of sp³-hybridized carbons (Fsp3) is 0.519. The zero-order valence-corrected chi connectivity index (χ0v) is 20.9. The first-order valence-corrected chi connectivity index (χ1v) is 13.9. The van der Waals surface area contributed by atoms with E-state index in [0.717, 1.165) is 87.9 Å². The van der Waals surface area contributed by atoms with Crippen LogP contribution in [-0.2, 0) is 24.1 Å². The normalized spacial score (nSPS) is 21.6. The molecule has 0 amide bonds. The topological polar surface area (TPSA) is 70.2 Å². The number of fused-ring (bicyclic) bond motifs is 4. The van der Waals surface area contributed by atoms with Gasteiger partial charge in [-0.05, 0) is 56.2 Å². The minimum Gasteiger partial charge on any atom is -0.379 e. The van der Waals surface area contributed by atoms with Crippen molar-refractivity contribution in [2.75, 3.05) is 44.3 Å². The molecule has 2 fully saturated rings. The van der Waals surface area contributed by atoms with Crippen LogP contribution < -0.4 is 4.90 Å². The molecule has 0 bridgehead atoms. The lowest BCUT2D eigenvalue weighted by Gasteiger charge is -2.34. The Morgan fingerprint density at radius 3 is 2.80 bits per heavy atom. The number of nitrogens with one attached hydrogen (secondary N) is 1. The largest absolute Gasteiger partial charge is 0.379 e. The number of hydrogen-bond donors (Lipinski definition) is 1. The summed E-state index contributed by atoms with van der Waals surface area (Å²) in [7, 11) is 0. The molecule has 7 nitrogen and oxygen atoms in total. The summed E-state index contributed by atoms with van der Waals surface area (Å²) >= 11 is 1.91. The van der Waals surface area contributed by atoms with Crippen LogP contribution in [0.4, 0.5) is 5.82 Å². The fourth-order valence-electron chi connectivity index (χ4n) is 6.00. The van der Waals surface area contributed by atoms with E-state index >= 15 is 0 Å². The number of benzene rings is 1. The number of H-pyrrole nitrogens is 1. The quantitative estimate of drug-likeness (QED) is 0.451. The molecule has 0 spiro atoms. The summed E-state index contributed by atoms with van der Waals surface area (Å²) in [6, 6.07) is 8.35. The van der Waals surface area contributed by atoms with Crippen LogP contribution in [0.5, 0.6) is 0 Å². The summed E-state index contributed by atoms with van der Waals surface area (Å²) in [6.45, 7) is 6.31. The van der Waals surface area contributed by atoms with Gasteiger partial charge in [0.15, 0.2) is 0 Å². The number of rotatable bonds is 4. The first-order chi connectivity index (χ1) is 17.3. The predicted octanol–water partition coefficient (Wildman–Crippen LogP) is 4.66. The van der Waals surface area contributed by atoms with Crippen LogP contribution in [0.2, 0.25) is 0 Å². The maximum absolute atomic E-state index is 5.56. The van der Waals surface area contributed by atoms with Crippen molar-refractivity contribution >= 4 is 38.4 Å². The number of para-hydroxylation sites is 2. The number of nitrogens with zero attached hydrogens (tertiary/aromatic N) is 5. The Labute approximate surface area is 209 Å². The molecular weight excluding hydrogens is 456 g/mol. The van der Waals surface area contributed by atoms with Crippen LogP contribution in [0.25, 0.3) is 21.3 Å². The molecule has 8 heteroatoms. The number of aromatic nitrogens is 4. The van der Waals surface area contributed by atoms with Crippen molar-refractivity contribution in [2.24, 2.45) is 0 Å². The van der Waals surface area contributed by atoms with Gasteiger partial charge in [-0.3, -0.25) is 4.90 Å². The Bertz CT molecular complexity index is 1320. The molecule has 5 heterocycles. The Morgan fingerprint density at radius 2 is 1.89 bits per heavy atom. The predicted molar refractivity (Wildman–Crippen MR) is 140 cm³/mol. The summed E-state index contributed by atoms with van der Waals surface area (Å²) in [5.41, 5.74) is 3.71. The molecule has 182 valence electrons. The number of hydrogen-bond acceptors (Lipinski definition) is 7. The Balaban J connectivity index is 1.26. The van der Waals surface area contributed by atoms with Crippen LogP contribution in [0, 0.1) is 0 Å². The summed E-state index contributed by atoms with van der Waals surface area (Å²) in [5, 5.41) is 1.33. The first kappa shape index (κ1) is 21.7. The molecular formula is C27H32N6OS. The maximum atomic E-state index is 5.56. The molecule has 0 radical (unpaired) electrons. The smallest absolute Gasteiger partial charge is 0.146 e. The number of anilines is 1. The van der Waals surface area contributed by atoms with Crippen molar-refractivity contribution in [1.82, 2.24) is 24.8 Å². The van der Waals surface area contributed by atoms with Crippen molar-refractivity contribution in [2.45, 2.75) is 51.0 Å². The lowest BCUT2D eigenvalue weighted by atomic mass is 9.95. The zero-order valence-electron chi connectivity index (χ0n) is 20.1. The van der Waals surface area contributed by atoms with E-state index < -0.39 is 0 Å². The Morgan fingerprint density at radius 1 is 1.00 bits per heavy atom. The SMILES string of the molecule is c1ccc2[nH]c(C3CCCN(c4nc(CN5CCOCC5)nc5sc6c(c45)CCCC6)C3)nc2c1. The highest BCUT2D eigenvalue weighted by Crippen LogP contribution is 2.41. The van der Waals surface area contributed by atoms with E-state index in [-0.39, 0.29) is 0 Å². The van der Waals surface area contributed by atoms with Gasteiger partial charge in [0.1, 0.15) is 22.3 Å². The highest BCUT2D eigenvalue weighted by atomic mass is 32.1. The van der Waals surface area contributed by atoms with E-state index in [9.17, 15) is 0 Å². The van der Waals surface area contributed by atoms with E-state index in [2.05, 4.69) is 39.0 Å². The average molecular weight is 489 g/mol. The maximum Gasteiger partial charge on any atom is 0.146 e. The van der Waals surface area contributed by atoms with E-state index in [1.807, 2.05) is 11.3 Å². The second-order valence-corrected chi connectivity index (χ2v) is 11.3. The van der Waals surface area contributed by atoms with Gasteiger partial charge < -0.3 is 14.6 Å². The number of morpholine rings is 1. The summed E-state index contributed by atoms with van der Waals surface area (Å²) < 4.78 is 5.56. The lowest BCUT2D eigenvalue weighted by Crippen LogP contribution is -2.37. The molecule has 2 saturated heterocycles. The zero-order chi connectivity index (χ0) is 23.2. The fourth-order valence-corrected chi connectivity index (χ4v) is 7.27. The van der Waals surface area contributed by atoms with E-state index in [0.29, 0.717) is 5.92 Å². The summed E-state index contributed by atoms with van der Waals surface area (Å²) in [4.78, 5) is 26.6. The molecule has 0 saturated carbocycles. The van der Waals surface area contributed by atoms with Crippen LogP contribution in [0.1, 0.15) is 53.7 Å². The third-order valence-corrected chi connectivity index (χ3v) is 9.01. The number of piperidine rings is 1. The van der Waals surface area contributed by atoms with E-state index in [1.54, 1.807) is 0 Å². The van der Waals surface area contributed by atoms with Crippen molar-refractivity contribution in [3.8, 4) is 0 Å². The van der Waals surface area contributed by atoms with Gasteiger partial charge in [-0.2, -0.15) is 0 Å². The van der Waals surface area contributed by atoms with Gasteiger partial charge in [0, 0.05) is 37.0 Å². The molecule has 1 unspecified atom stereocenters. The van der Waals surface area contributed by atoms with Gasteiger partial charge in [0.05, 0.1) is 36.2 Å². The highest BCUT2D eigenvalue weighted by Gasteiger charge is 2.29. The molecule has 1 N–H and O–H groups in total. The van der Waals surface area contributed by atoms with Crippen molar-refractivity contribution in [1.29, 1.82) is 0 Å². The summed E-state index contributed by atoms with van der Waals surface area (Å²) in [5.74, 6) is 3.62. The monoisotopic (exact) mass is 488 g/mol. The molecule has 4 aromatic rings. The number of thiophene rings is 1. The lowest BCUT2D eigenvalue weighted by molar-refractivity contribution is 0.0331. The Kier molecular flexibility index (Phi) is 5.68. The number of aromatic amines is 1. The molecule has 7 rings (SSSR count). The minimum absolute atomic E-state index is 0.387. The van der Waals surface area contributed by atoms with Gasteiger partial charge in [0.2, 0.25) is 0 Å². The van der Waals surface area contributed by atoms with Gasteiger partial charge in [-0.25, -0.2) is 15.0 Å². The second kappa shape index (κ2) is 9.15. The van der Waals surface area contributed by atoms with Gasteiger partial charge in [0.25, 0.3) is 0 Å². The molecule has 3 aromatic heterocycles. The van der Waals surface area contributed by atoms with Crippen LogP contribution in [0.3, 0.4) is 0 Å². The molecule has 1 aromatic carbocycles. The van der Waals surface area contributed by atoms with Crippen LogP contribution >= 0.6 is 11.3 Å². The van der Waals surface area contributed by atoms with Crippen molar-refractivity contribution < 1.29 is 4.74 Å². The first-order valence-electron chi connectivity index (χ1n) is 13.1. The van der Waals surface area contributed by atoms with E-state index in [1.165, 1.54) is 45.7 Å². The van der Waals surface area contributed by atoms with Crippen molar-refractivity contribution in [3.05, 3.63) is 46.4 Å². The second-order valence-electron chi connectivity index (χ2n) is 10.2. The van der Waals surface area contributed by atoms with Crippen molar-refractivity contribution in [3.63, 3.8) is 0 Å². The third-order valence-electron chi connectivity index (χ3n) is 7.83. The van der Waals surface area contributed by atoms with Crippen LogP contribution in [-0.4, -0.2) is 64.2 Å². The van der Waals surface area contributed by atoms with Gasteiger partial charge in [-0.15, -0.1) is 11.3 Å². The highest BCUT2D eigenvalue weighted by molar-refractivity contribution is 7.19. The third kappa shape index (κ3) is 4.11. The molecule has 3 aliphatic rings.